The molecule has 0 amide bonds. The Bertz CT molecular complexity index is 660. The zero-order valence-electron chi connectivity index (χ0n) is 11.1. The summed E-state index contributed by atoms with van der Waals surface area (Å²) in [6, 6.07) is 0. The van der Waals surface area contributed by atoms with Gasteiger partial charge in [-0.05, 0) is 6.42 Å². The molecule has 8 heteroatoms. The van der Waals surface area contributed by atoms with E-state index < -0.39 is 10.0 Å². The normalized spacial score (nSPS) is 12.2. The Morgan fingerprint density at radius 2 is 2.16 bits per heavy atom. The first-order valence-electron chi connectivity index (χ1n) is 5.82. The third-order valence-electron chi connectivity index (χ3n) is 2.67. The van der Waals surface area contributed by atoms with Gasteiger partial charge in [0.25, 0.3) is 0 Å². The van der Waals surface area contributed by atoms with Gasteiger partial charge in [-0.15, -0.1) is 11.3 Å². The summed E-state index contributed by atoms with van der Waals surface area (Å²) >= 11 is 1.54. The van der Waals surface area contributed by atoms with Gasteiger partial charge in [0, 0.05) is 37.9 Å². The minimum Gasteiger partial charge on any atom is -0.274 e. The van der Waals surface area contributed by atoms with E-state index in [1.165, 1.54) is 32.7 Å². The van der Waals surface area contributed by atoms with Crippen LogP contribution in [0, 0.1) is 0 Å². The van der Waals surface area contributed by atoms with Crippen LogP contribution in [0.4, 0.5) is 0 Å². The van der Waals surface area contributed by atoms with Gasteiger partial charge in [0.2, 0.25) is 10.0 Å². The van der Waals surface area contributed by atoms with Crippen molar-refractivity contribution in [3.8, 4) is 0 Å². The number of sulfonamides is 1. The predicted molar refractivity (Wildman–Crippen MR) is 73.4 cm³/mol. The molecule has 0 N–H and O–H groups in total. The SMILES string of the molecule is CCc1ncc(CN(C)S(=O)(=O)c2cnn(C)c2)s1. The number of rotatable bonds is 5. The molecular weight excluding hydrogens is 284 g/mol. The smallest absolute Gasteiger partial charge is 0.246 e. The number of nitrogens with zero attached hydrogens (tertiary/aromatic N) is 4. The molecule has 19 heavy (non-hydrogen) atoms. The van der Waals surface area contributed by atoms with Crippen LogP contribution < -0.4 is 0 Å². The molecule has 0 radical (unpaired) electrons. The van der Waals surface area contributed by atoms with E-state index in [-0.39, 0.29) is 4.90 Å². The average molecular weight is 300 g/mol. The van der Waals surface area contributed by atoms with Crippen LogP contribution in [0.2, 0.25) is 0 Å². The zero-order chi connectivity index (χ0) is 14.0. The molecule has 0 atom stereocenters. The van der Waals surface area contributed by atoms with Gasteiger partial charge in [0.1, 0.15) is 4.90 Å². The lowest BCUT2D eigenvalue weighted by molar-refractivity contribution is 0.469. The van der Waals surface area contributed by atoms with Gasteiger partial charge in [0.05, 0.1) is 11.2 Å². The third kappa shape index (κ3) is 3.02. The van der Waals surface area contributed by atoms with E-state index in [9.17, 15) is 8.42 Å². The Morgan fingerprint density at radius 1 is 1.42 bits per heavy atom. The van der Waals surface area contributed by atoms with Gasteiger partial charge in [-0.1, -0.05) is 6.92 Å². The highest BCUT2D eigenvalue weighted by atomic mass is 32.2. The van der Waals surface area contributed by atoms with E-state index in [2.05, 4.69) is 10.1 Å². The highest BCUT2D eigenvalue weighted by molar-refractivity contribution is 7.89. The van der Waals surface area contributed by atoms with Crippen molar-refractivity contribution < 1.29 is 8.42 Å². The van der Waals surface area contributed by atoms with Crippen molar-refractivity contribution in [1.82, 2.24) is 19.1 Å². The van der Waals surface area contributed by atoms with Gasteiger partial charge < -0.3 is 0 Å². The van der Waals surface area contributed by atoms with Crippen LogP contribution in [-0.2, 0) is 30.0 Å². The van der Waals surface area contributed by atoms with Crippen molar-refractivity contribution in [2.75, 3.05) is 7.05 Å². The van der Waals surface area contributed by atoms with Crippen molar-refractivity contribution in [3.05, 3.63) is 28.5 Å². The molecule has 2 aromatic rings. The molecule has 0 unspecified atom stereocenters. The first kappa shape index (κ1) is 14.2. The minimum atomic E-state index is -3.48. The van der Waals surface area contributed by atoms with Gasteiger partial charge >= 0.3 is 0 Å². The van der Waals surface area contributed by atoms with Crippen LogP contribution in [0.15, 0.2) is 23.5 Å². The van der Waals surface area contributed by atoms with Gasteiger partial charge in [-0.2, -0.15) is 9.40 Å². The Kier molecular flexibility index (Phi) is 4.02. The van der Waals surface area contributed by atoms with E-state index in [0.717, 1.165) is 16.3 Å². The van der Waals surface area contributed by atoms with E-state index in [0.29, 0.717) is 6.54 Å². The molecule has 0 aliphatic rings. The molecule has 104 valence electrons. The van der Waals surface area contributed by atoms with E-state index >= 15 is 0 Å². The van der Waals surface area contributed by atoms with Crippen LogP contribution in [-0.4, -0.2) is 34.5 Å². The highest BCUT2D eigenvalue weighted by Crippen LogP contribution is 2.19. The summed E-state index contributed by atoms with van der Waals surface area (Å²) in [5, 5.41) is 4.91. The number of thiazole rings is 1. The molecule has 0 aliphatic carbocycles. The summed E-state index contributed by atoms with van der Waals surface area (Å²) in [6.07, 6.45) is 5.45. The average Bonchev–Trinajstić information content (AvgIpc) is 2.98. The first-order valence-corrected chi connectivity index (χ1v) is 8.07. The number of hydrogen-bond donors (Lipinski definition) is 0. The molecule has 0 fully saturated rings. The molecule has 6 nitrogen and oxygen atoms in total. The summed E-state index contributed by atoms with van der Waals surface area (Å²) in [5.74, 6) is 0. The standard InChI is InChI=1S/C11H16N4O2S2/c1-4-11-12-5-9(18-11)7-15(3)19(16,17)10-6-13-14(2)8-10/h5-6,8H,4,7H2,1-3H3. The maximum Gasteiger partial charge on any atom is 0.246 e. The lowest BCUT2D eigenvalue weighted by Crippen LogP contribution is -2.25. The fourth-order valence-corrected chi connectivity index (χ4v) is 3.73. The quantitative estimate of drug-likeness (QED) is 0.833. The van der Waals surface area contributed by atoms with Crippen molar-refractivity contribution in [2.45, 2.75) is 24.8 Å². The third-order valence-corrected chi connectivity index (χ3v) is 5.55. The largest absolute Gasteiger partial charge is 0.274 e. The van der Waals surface area contributed by atoms with Crippen LogP contribution in [0.3, 0.4) is 0 Å². The van der Waals surface area contributed by atoms with Gasteiger partial charge in [0.15, 0.2) is 0 Å². The first-order chi connectivity index (χ1) is 8.93. The molecule has 0 saturated carbocycles. The molecule has 0 saturated heterocycles. The summed E-state index contributed by atoms with van der Waals surface area (Å²) in [4.78, 5) is 5.37. The van der Waals surface area contributed by atoms with Gasteiger partial charge in [-0.3, -0.25) is 4.68 Å². The Morgan fingerprint density at radius 3 is 2.68 bits per heavy atom. The highest BCUT2D eigenvalue weighted by Gasteiger charge is 2.23. The summed E-state index contributed by atoms with van der Waals surface area (Å²) in [7, 11) is -0.232. The summed E-state index contributed by atoms with van der Waals surface area (Å²) in [6.45, 7) is 2.35. The van der Waals surface area contributed by atoms with E-state index in [1.54, 1.807) is 20.3 Å². The Labute approximate surface area is 116 Å². The predicted octanol–water partition coefficient (Wildman–Crippen LogP) is 1.26. The van der Waals surface area contributed by atoms with E-state index in [4.69, 9.17) is 0 Å². The van der Waals surface area contributed by atoms with Crippen molar-refractivity contribution >= 4 is 21.4 Å². The molecular formula is C11H16N4O2S2. The number of aromatic nitrogens is 3. The molecule has 2 heterocycles. The van der Waals surface area contributed by atoms with Crippen molar-refractivity contribution in [2.24, 2.45) is 7.05 Å². The Hall–Kier alpha value is -1.25. The second kappa shape index (κ2) is 5.40. The van der Waals surface area contributed by atoms with Crippen LogP contribution in [0.5, 0.6) is 0 Å². The summed E-state index contributed by atoms with van der Waals surface area (Å²) < 4.78 is 27.4. The molecule has 2 rings (SSSR count). The lowest BCUT2D eigenvalue weighted by Gasteiger charge is -2.14. The molecule has 0 bridgehead atoms. The van der Waals surface area contributed by atoms with Crippen molar-refractivity contribution in [1.29, 1.82) is 0 Å². The lowest BCUT2D eigenvalue weighted by atomic mass is 10.5. The number of hydrogen-bond acceptors (Lipinski definition) is 5. The maximum atomic E-state index is 12.3. The van der Waals surface area contributed by atoms with Crippen LogP contribution in [0.25, 0.3) is 0 Å². The fraction of sp³-hybridized carbons (Fsp3) is 0.455. The monoisotopic (exact) mass is 300 g/mol. The Balaban J connectivity index is 2.17. The van der Waals surface area contributed by atoms with Gasteiger partial charge in [-0.25, -0.2) is 13.4 Å². The zero-order valence-corrected chi connectivity index (χ0v) is 12.7. The van der Waals surface area contributed by atoms with Crippen molar-refractivity contribution in [3.63, 3.8) is 0 Å². The van der Waals surface area contributed by atoms with Crippen LogP contribution >= 0.6 is 11.3 Å². The number of aryl methyl sites for hydroxylation is 2. The maximum absolute atomic E-state index is 12.3. The van der Waals surface area contributed by atoms with Crippen LogP contribution in [0.1, 0.15) is 16.8 Å². The second-order valence-electron chi connectivity index (χ2n) is 4.18. The fourth-order valence-electron chi connectivity index (χ4n) is 1.60. The van der Waals surface area contributed by atoms with E-state index in [1.807, 2.05) is 6.92 Å². The molecule has 0 aliphatic heterocycles. The minimum absolute atomic E-state index is 0.206. The summed E-state index contributed by atoms with van der Waals surface area (Å²) in [5.41, 5.74) is 0. The second-order valence-corrected chi connectivity index (χ2v) is 7.43. The molecule has 0 aromatic carbocycles. The molecule has 0 spiro atoms. The topological polar surface area (TPSA) is 68.1 Å². The molecule has 2 aromatic heterocycles.